The minimum Gasteiger partial charge on any atom is -0.315 e. The van der Waals surface area contributed by atoms with Gasteiger partial charge in [0, 0.05) is 13.1 Å². The topological polar surface area (TPSA) is 24.1 Å². The van der Waals surface area contributed by atoms with E-state index in [0.29, 0.717) is 0 Å². The summed E-state index contributed by atoms with van der Waals surface area (Å²) in [5.74, 6) is 0.873. The van der Waals surface area contributed by atoms with Crippen LogP contribution in [-0.4, -0.2) is 26.2 Å². The number of unbranched alkanes of at least 4 members (excludes halogenated alkanes) is 1. The zero-order valence-corrected chi connectivity index (χ0v) is 7.53. The van der Waals surface area contributed by atoms with Crippen molar-refractivity contribution >= 4 is 0 Å². The van der Waals surface area contributed by atoms with Gasteiger partial charge in [0.05, 0.1) is 0 Å². The highest BCUT2D eigenvalue weighted by molar-refractivity contribution is 4.69. The van der Waals surface area contributed by atoms with Gasteiger partial charge in [-0.15, -0.1) is 0 Å². The molecule has 1 saturated heterocycles. The number of hydrogen-bond donors (Lipinski definition) is 2. The van der Waals surface area contributed by atoms with Gasteiger partial charge in [-0.2, -0.15) is 0 Å². The standard InChI is InChI=1S/C9H20N2/c1-2-3-4-9-7-10-5-6-11-8-9/h9-11H,2-8H2,1H3. The lowest BCUT2D eigenvalue weighted by Crippen LogP contribution is -2.23. The number of rotatable bonds is 3. The fourth-order valence-corrected chi connectivity index (χ4v) is 1.56. The summed E-state index contributed by atoms with van der Waals surface area (Å²) in [7, 11) is 0. The van der Waals surface area contributed by atoms with Crippen molar-refractivity contribution in [1.29, 1.82) is 0 Å². The maximum Gasteiger partial charge on any atom is 0.00768 e. The van der Waals surface area contributed by atoms with E-state index >= 15 is 0 Å². The first kappa shape index (κ1) is 9.01. The summed E-state index contributed by atoms with van der Waals surface area (Å²) < 4.78 is 0. The third-order valence-electron chi connectivity index (χ3n) is 2.31. The van der Waals surface area contributed by atoms with E-state index in [1.54, 1.807) is 0 Å². The van der Waals surface area contributed by atoms with Gasteiger partial charge < -0.3 is 10.6 Å². The Morgan fingerprint density at radius 2 is 1.82 bits per heavy atom. The van der Waals surface area contributed by atoms with E-state index in [1.807, 2.05) is 0 Å². The van der Waals surface area contributed by atoms with Crippen molar-refractivity contribution in [3.8, 4) is 0 Å². The van der Waals surface area contributed by atoms with Crippen molar-refractivity contribution in [2.24, 2.45) is 5.92 Å². The normalized spacial score (nSPS) is 21.5. The Labute approximate surface area is 69.8 Å². The highest BCUT2D eigenvalue weighted by Crippen LogP contribution is 2.07. The highest BCUT2D eigenvalue weighted by Gasteiger charge is 2.09. The Morgan fingerprint density at radius 3 is 2.36 bits per heavy atom. The van der Waals surface area contributed by atoms with Crippen LogP contribution < -0.4 is 10.6 Å². The molecule has 1 fully saturated rings. The molecule has 0 aromatic rings. The third kappa shape index (κ3) is 3.73. The van der Waals surface area contributed by atoms with Gasteiger partial charge in [-0.1, -0.05) is 19.8 Å². The van der Waals surface area contributed by atoms with Crippen molar-refractivity contribution in [1.82, 2.24) is 10.6 Å². The summed E-state index contributed by atoms with van der Waals surface area (Å²) in [5, 5.41) is 6.89. The molecule has 0 aliphatic carbocycles. The summed E-state index contributed by atoms with van der Waals surface area (Å²) in [6, 6.07) is 0. The molecule has 1 heterocycles. The molecule has 1 rings (SSSR count). The molecule has 0 amide bonds. The molecule has 0 unspecified atom stereocenters. The molecule has 2 nitrogen and oxygen atoms in total. The average molecular weight is 156 g/mol. The molecule has 0 radical (unpaired) electrons. The highest BCUT2D eigenvalue weighted by atomic mass is 15.0. The van der Waals surface area contributed by atoms with Gasteiger partial charge in [0.15, 0.2) is 0 Å². The predicted octanol–water partition coefficient (Wildman–Crippen LogP) is 0.986. The maximum absolute atomic E-state index is 3.44. The molecule has 1 aliphatic heterocycles. The van der Waals surface area contributed by atoms with Crippen molar-refractivity contribution in [3.63, 3.8) is 0 Å². The van der Waals surface area contributed by atoms with Gasteiger partial charge in [-0.25, -0.2) is 0 Å². The summed E-state index contributed by atoms with van der Waals surface area (Å²) in [5.41, 5.74) is 0. The first-order valence-electron chi connectivity index (χ1n) is 4.85. The van der Waals surface area contributed by atoms with Crippen LogP contribution in [0.3, 0.4) is 0 Å². The van der Waals surface area contributed by atoms with Gasteiger partial charge in [-0.3, -0.25) is 0 Å². The lowest BCUT2D eigenvalue weighted by atomic mass is 10.0. The molecule has 11 heavy (non-hydrogen) atoms. The lowest BCUT2D eigenvalue weighted by molar-refractivity contribution is 0.448. The molecule has 0 atom stereocenters. The van der Waals surface area contributed by atoms with E-state index in [1.165, 1.54) is 32.4 Å². The van der Waals surface area contributed by atoms with Crippen LogP contribution in [0.15, 0.2) is 0 Å². The maximum atomic E-state index is 3.44. The van der Waals surface area contributed by atoms with E-state index in [2.05, 4.69) is 17.6 Å². The SMILES string of the molecule is CCCCC1CNCCNC1. The number of hydrogen-bond acceptors (Lipinski definition) is 2. The minimum absolute atomic E-state index is 0.873. The van der Waals surface area contributed by atoms with Gasteiger partial charge in [0.2, 0.25) is 0 Å². The summed E-state index contributed by atoms with van der Waals surface area (Å²) in [6.45, 7) is 6.98. The van der Waals surface area contributed by atoms with Crippen LogP contribution in [0.5, 0.6) is 0 Å². The monoisotopic (exact) mass is 156 g/mol. The van der Waals surface area contributed by atoms with Crippen molar-refractivity contribution in [2.75, 3.05) is 26.2 Å². The minimum atomic E-state index is 0.873. The molecule has 0 aromatic carbocycles. The molecule has 2 heteroatoms. The smallest absolute Gasteiger partial charge is 0.00768 e. The largest absolute Gasteiger partial charge is 0.315 e. The Morgan fingerprint density at radius 1 is 1.18 bits per heavy atom. The summed E-state index contributed by atoms with van der Waals surface area (Å²) in [4.78, 5) is 0. The van der Waals surface area contributed by atoms with Gasteiger partial charge in [0.25, 0.3) is 0 Å². The number of nitrogens with one attached hydrogen (secondary N) is 2. The van der Waals surface area contributed by atoms with Crippen LogP contribution in [-0.2, 0) is 0 Å². The lowest BCUT2D eigenvalue weighted by Gasteiger charge is -2.12. The zero-order chi connectivity index (χ0) is 7.94. The second-order valence-corrected chi connectivity index (χ2v) is 3.42. The molecule has 0 aromatic heterocycles. The van der Waals surface area contributed by atoms with Crippen LogP contribution in [0.25, 0.3) is 0 Å². The molecule has 0 spiro atoms. The predicted molar refractivity (Wildman–Crippen MR) is 48.8 cm³/mol. The van der Waals surface area contributed by atoms with Crippen LogP contribution in [0.4, 0.5) is 0 Å². The second-order valence-electron chi connectivity index (χ2n) is 3.42. The van der Waals surface area contributed by atoms with Gasteiger partial charge >= 0.3 is 0 Å². The third-order valence-corrected chi connectivity index (χ3v) is 2.31. The molecular weight excluding hydrogens is 136 g/mol. The molecule has 1 aliphatic rings. The Balaban J connectivity index is 2.09. The Hall–Kier alpha value is -0.0800. The Bertz CT molecular complexity index is 85.6. The van der Waals surface area contributed by atoms with Gasteiger partial charge in [0.1, 0.15) is 0 Å². The fourth-order valence-electron chi connectivity index (χ4n) is 1.56. The molecule has 2 N–H and O–H groups in total. The van der Waals surface area contributed by atoms with E-state index in [-0.39, 0.29) is 0 Å². The van der Waals surface area contributed by atoms with Crippen LogP contribution >= 0.6 is 0 Å². The van der Waals surface area contributed by atoms with E-state index in [4.69, 9.17) is 0 Å². The van der Waals surface area contributed by atoms with Crippen LogP contribution in [0.2, 0.25) is 0 Å². The molecule has 66 valence electrons. The van der Waals surface area contributed by atoms with Crippen LogP contribution in [0, 0.1) is 5.92 Å². The quantitative estimate of drug-likeness (QED) is 0.636. The van der Waals surface area contributed by atoms with Crippen molar-refractivity contribution in [3.05, 3.63) is 0 Å². The van der Waals surface area contributed by atoms with Crippen molar-refractivity contribution in [2.45, 2.75) is 26.2 Å². The summed E-state index contributed by atoms with van der Waals surface area (Å²) >= 11 is 0. The summed E-state index contributed by atoms with van der Waals surface area (Å²) in [6.07, 6.45) is 4.10. The molecule has 0 bridgehead atoms. The van der Waals surface area contributed by atoms with E-state index in [9.17, 15) is 0 Å². The fraction of sp³-hybridized carbons (Fsp3) is 1.00. The van der Waals surface area contributed by atoms with Gasteiger partial charge in [-0.05, 0) is 25.4 Å². The molecular formula is C9H20N2. The van der Waals surface area contributed by atoms with Crippen molar-refractivity contribution < 1.29 is 0 Å². The van der Waals surface area contributed by atoms with E-state index < -0.39 is 0 Å². The molecule has 0 saturated carbocycles. The Kier molecular flexibility index (Phi) is 4.55. The second kappa shape index (κ2) is 5.56. The zero-order valence-electron chi connectivity index (χ0n) is 7.53. The average Bonchev–Trinajstić information content (AvgIpc) is 2.28. The first-order chi connectivity index (χ1) is 5.43. The van der Waals surface area contributed by atoms with Crippen LogP contribution in [0.1, 0.15) is 26.2 Å². The van der Waals surface area contributed by atoms with E-state index in [0.717, 1.165) is 19.0 Å². The first-order valence-corrected chi connectivity index (χ1v) is 4.85.